The van der Waals surface area contributed by atoms with Crippen LogP contribution < -0.4 is 5.32 Å². The average Bonchev–Trinajstić information content (AvgIpc) is 3.16. The summed E-state index contributed by atoms with van der Waals surface area (Å²) in [6.07, 6.45) is 4.03. The fourth-order valence-electron chi connectivity index (χ4n) is 4.50. The summed E-state index contributed by atoms with van der Waals surface area (Å²) in [5, 5.41) is 3.03. The number of fused-ring (bicyclic) bond motifs is 1. The molecule has 2 aromatic carbocycles. The molecule has 0 radical (unpaired) electrons. The van der Waals surface area contributed by atoms with Crippen LogP contribution in [0.2, 0.25) is 0 Å². The molecule has 1 fully saturated rings. The van der Waals surface area contributed by atoms with Crippen molar-refractivity contribution in [1.29, 1.82) is 0 Å². The minimum absolute atomic E-state index is 0.0345. The second-order valence-electron chi connectivity index (χ2n) is 9.22. The number of hydrogen-bond donors (Lipinski definition) is 1. The van der Waals surface area contributed by atoms with Crippen molar-refractivity contribution in [3.8, 4) is 0 Å². The summed E-state index contributed by atoms with van der Waals surface area (Å²) in [5.41, 5.74) is 4.10. The number of likely N-dealkylation sites (tertiary alicyclic amines) is 1. The number of aryl methyl sites for hydroxylation is 2. The molecule has 2 heterocycles. The van der Waals surface area contributed by atoms with Crippen molar-refractivity contribution in [2.24, 2.45) is 5.92 Å². The molecule has 1 saturated heterocycles. The summed E-state index contributed by atoms with van der Waals surface area (Å²) in [6.45, 7) is 6.88. The van der Waals surface area contributed by atoms with Gasteiger partial charge < -0.3 is 14.8 Å². The van der Waals surface area contributed by atoms with Gasteiger partial charge in [-0.3, -0.25) is 9.59 Å². The number of nitrogens with zero attached hydrogens (tertiary/aromatic N) is 3. The molecule has 3 aromatic rings. The van der Waals surface area contributed by atoms with E-state index in [2.05, 4.69) is 16.8 Å². The number of amides is 2. The van der Waals surface area contributed by atoms with Crippen molar-refractivity contribution in [1.82, 2.24) is 19.8 Å². The second kappa shape index (κ2) is 10.6. The Balaban J connectivity index is 1.36. The van der Waals surface area contributed by atoms with Gasteiger partial charge in [0.2, 0.25) is 11.8 Å². The van der Waals surface area contributed by atoms with Gasteiger partial charge in [-0.1, -0.05) is 43.3 Å². The van der Waals surface area contributed by atoms with E-state index in [4.69, 9.17) is 4.98 Å². The van der Waals surface area contributed by atoms with E-state index in [9.17, 15) is 9.59 Å². The lowest BCUT2D eigenvalue weighted by Gasteiger charge is -2.30. The molecular weight excluding hydrogens is 412 g/mol. The van der Waals surface area contributed by atoms with E-state index in [0.717, 1.165) is 60.3 Å². The van der Waals surface area contributed by atoms with Gasteiger partial charge in [-0.25, -0.2) is 4.98 Å². The molecule has 2 amide bonds. The van der Waals surface area contributed by atoms with E-state index < -0.39 is 0 Å². The Kier molecular flexibility index (Phi) is 7.43. The standard InChI is InChI=1S/C27H34N4O2/c1-20-13-16-30(17-14-20)27(33)19-31-24-11-6-5-10-23(24)29-25(31)12-7-15-28-26(32)18-22-9-4-3-8-21(22)2/h3-6,8-11,20H,7,12-19H2,1-2H3,(H,28,32). The molecule has 1 aliphatic rings. The lowest BCUT2D eigenvalue weighted by atomic mass is 9.99. The van der Waals surface area contributed by atoms with E-state index in [1.165, 1.54) is 0 Å². The van der Waals surface area contributed by atoms with Crippen molar-refractivity contribution < 1.29 is 9.59 Å². The molecule has 0 atom stereocenters. The van der Waals surface area contributed by atoms with Gasteiger partial charge in [-0.15, -0.1) is 0 Å². The van der Waals surface area contributed by atoms with Crippen molar-refractivity contribution in [2.45, 2.75) is 52.5 Å². The van der Waals surface area contributed by atoms with Crippen LogP contribution in [-0.2, 0) is 29.0 Å². The normalized spacial score (nSPS) is 14.5. The van der Waals surface area contributed by atoms with E-state index in [-0.39, 0.29) is 11.8 Å². The number of nitrogens with one attached hydrogen (secondary N) is 1. The topological polar surface area (TPSA) is 67.2 Å². The van der Waals surface area contributed by atoms with Crippen LogP contribution in [0.3, 0.4) is 0 Å². The highest BCUT2D eigenvalue weighted by Gasteiger charge is 2.22. The van der Waals surface area contributed by atoms with Crippen LogP contribution in [0.5, 0.6) is 0 Å². The molecule has 0 spiro atoms. The highest BCUT2D eigenvalue weighted by molar-refractivity contribution is 5.81. The lowest BCUT2D eigenvalue weighted by Crippen LogP contribution is -2.40. The maximum Gasteiger partial charge on any atom is 0.242 e. The molecule has 0 bridgehead atoms. The monoisotopic (exact) mass is 446 g/mol. The highest BCUT2D eigenvalue weighted by atomic mass is 16.2. The molecule has 1 N–H and O–H groups in total. The molecule has 0 saturated carbocycles. The third-order valence-electron chi connectivity index (χ3n) is 6.67. The number of aromatic nitrogens is 2. The molecule has 0 unspecified atom stereocenters. The van der Waals surface area contributed by atoms with Gasteiger partial charge in [-0.2, -0.15) is 0 Å². The molecule has 1 aromatic heterocycles. The smallest absolute Gasteiger partial charge is 0.242 e. The van der Waals surface area contributed by atoms with Gasteiger partial charge in [0.05, 0.1) is 17.5 Å². The van der Waals surface area contributed by atoms with Crippen molar-refractivity contribution in [3.05, 3.63) is 65.5 Å². The first-order chi connectivity index (χ1) is 16.0. The zero-order valence-corrected chi connectivity index (χ0v) is 19.7. The number of benzene rings is 2. The number of hydrogen-bond acceptors (Lipinski definition) is 3. The summed E-state index contributed by atoms with van der Waals surface area (Å²) in [5.74, 6) is 1.80. The van der Waals surface area contributed by atoms with Crippen LogP contribution in [0.25, 0.3) is 11.0 Å². The molecule has 174 valence electrons. The highest BCUT2D eigenvalue weighted by Crippen LogP contribution is 2.20. The van der Waals surface area contributed by atoms with E-state index in [0.29, 0.717) is 31.8 Å². The van der Waals surface area contributed by atoms with Gasteiger partial charge in [0.25, 0.3) is 0 Å². The van der Waals surface area contributed by atoms with Crippen LogP contribution >= 0.6 is 0 Å². The molecular formula is C27H34N4O2. The first-order valence-corrected chi connectivity index (χ1v) is 12.0. The van der Waals surface area contributed by atoms with Crippen LogP contribution in [0.1, 0.15) is 43.1 Å². The van der Waals surface area contributed by atoms with Crippen molar-refractivity contribution in [2.75, 3.05) is 19.6 Å². The molecule has 4 rings (SSSR count). The number of carbonyl (C=O) groups is 2. The summed E-state index contributed by atoms with van der Waals surface area (Å²) in [6, 6.07) is 16.0. The fraction of sp³-hybridized carbons (Fsp3) is 0.444. The van der Waals surface area contributed by atoms with Crippen LogP contribution in [0.15, 0.2) is 48.5 Å². The van der Waals surface area contributed by atoms with E-state index in [1.807, 2.05) is 60.4 Å². The molecule has 6 heteroatoms. The maximum atomic E-state index is 13.0. The lowest BCUT2D eigenvalue weighted by molar-refractivity contribution is -0.133. The van der Waals surface area contributed by atoms with Crippen LogP contribution in [0, 0.1) is 12.8 Å². The van der Waals surface area contributed by atoms with Crippen molar-refractivity contribution >= 4 is 22.8 Å². The summed E-state index contributed by atoms with van der Waals surface area (Å²) < 4.78 is 2.06. The first kappa shape index (κ1) is 23.0. The molecule has 1 aliphatic heterocycles. The van der Waals surface area contributed by atoms with Gasteiger partial charge in [0.1, 0.15) is 12.4 Å². The fourth-order valence-corrected chi connectivity index (χ4v) is 4.50. The minimum Gasteiger partial charge on any atom is -0.356 e. The Morgan fingerprint density at radius 3 is 2.58 bits per heavy atom. The van der Waals surface area contributed by atoms with Crippen molar-refractivity contribution in [3.63, 3.8) is 0 Å². The van der Waals surface area contributed by atoms with Crippen LogP contribution in [-0.4, -0.2) is 45.9 Å². The van der Waals surface area contributed by atoms with E-state index >= 15 is 0 Å². The van der Waals surface area contributed by atoms with Gasteiger partial charge in [-0.05, 0) is 55.4 Å². The Morgan fingerprint density at radius 2 is 1.79 bits per heavy atom. The minimum atomic E-state index is 0.0345. The van der Waals surface area contributed by atoms with E-state index in [1.54, 1.807) is 0 Å². The Bertz CT molecular complexity index is 1110. The third-order valence-corrected chi connectivity index (χ3v) is 6.67. The summed E-state index contributed by atoms with van der Waals surface area (Å²) >= 11 is 0. The third kappa shape index (κ3) is 5.81. The molecule has 6 nitrogen and oxygen atoms in total. The largest absolute Gasteiger partial charge is 0.356 e. The molecule has 33 heavy (non-hydrogen) atoms. The number of imidazole rings is 1. The zero-order chi connectivity index (χ0) is 23.2. The quantitative estimate of drug-likeness (QED) is 0.534. The SMILES string of the molecule is Cc1ccccc1CC(=O)NCCCc1nc2ccccc2n1CC(=O)N1CCC(C)CC1. The number of piperidine rings is 1. The van der Waals surface area contributed by atoms with Gasteiger partial charge in [0.15, 0.2) is 0 Å². The number of rotatable bonds is 8. The van der Waals surface area contributed by atoms with Gasteiger partial charge >= 0.3 is 0 Å². The maximum absolute atomic E-state index is 13.0. The predicted octanol–water partition coefficient (Wildman–Crippen LogP) is 3.89. The summed E-state index contributed by atoms with van der Waals surface area (Å²) in [4.78, 5) is 32.1. The summed E-state index contributed by atoms with van der Waals surface area (Å²) in [7, 11) is 0. The second-order valence-corrected chi connectivity index (χ2v) is 9.22. The van der Waals surface area contributed by atoms with Crippen LogP contribution in [0.4, 0.5) is 0 Å². The Labute approximate surface area is 196 Å². The predicted molar refractivity (Wildman–Crippen MR) is 131 cm³/mol. The number of para-hydroxylation sites is 2. The first-order valence-electron chi connectivity index (χ1n) is 12.0. The van der Waals surface area contributed by atoms with Gasteiger partial charge in [0, 0.05) is 26.1 Å². The average molecular weight is 447 g/mol. The Morgan fingerprint density at radius 1 is 1.06 bits per heavy atom. The Hall–Kier alpha value is -3.15. The zero-order valence-electron chi connectivity index (χ0n) is 19.7. The number of carbonyl (C=O) groups excluding carboxylic acids is 2. The molecule has 0 aliphatic carbocycles.